The smallest absolute Gasteiger partial charge is 0.416 e. The van der Waals surface area contributed by atoms with Crippen LogP contribution in [0.1, 0.15) is 32.1 Å². The van der Waals surface area contributed by atoms with Crippen molar-refractivity contribution >= 4 is 27.0 Å². The van der Waals surface area contributed by atoms with Crippen molar-refractivity contribution in [2.24, 2.45) is 0 Å². The van der Waals surface area contributed by atoms with E-state index < -0.39 is 16.1 Å². The van der Waals surface area contributed by atoms with Gasteiger partial charge < -0.3 is 5.11 Å². The molecule has 1 aliphatic carbocycles. The lowest BCUT2D eigenvalue weighted by atomic mass is 9.96. The van der Waals surface area contributed by atoms with Gasteiger partial charge >= 0.3 is 6.09 Å². The summed E-state index contributed by atoms with van der Waals surface area (Å²) < 4.78 is 29.7. The normalized spacial score (nSPS) is 15.7. The number of aromatic nitrogens is 1. The molecule has 2 aromatic carbocycles. The Morgan fingerprint density at radius 3 is 2.50 bits per heavy atom. The summed E-state index contributed by atoms with van der Waals surface area (Å²) in [7, 11) is -3.66. The number of rotatable bonds is 4. The molecule has 1 aliphatic rings. The molecule has 0 saturated heterocycles. The van der Waals surface area contributed by atoms with Crippen LogP contribution in [0, 0.1) is 0 Å². The first kappa shape index (κ1) is 18.7. The minimum Gasteiger partial charge on any atom is -0.464 e. The molecule has 2 N–H and O–H groups in total. The van der Waals surface area contributed by atoms with Gasteiger partial charge in [0.1, 0.15) is 0 Å². The van der Waals surface area contributed by atoms with Crippen LogP contribution < -0.4 is 4.72 Å². The van der Waals surface area contributed by atoms with E-state index >= 15 is 0 Å². The number of carboxylic acid groups (broad SMARTS) is 1. The van der Waals surface area contributed by atoms with Gasteiger partial charge in [-0.1, -0.05) is 49.6 Å². The van der Waals surface area contributed by atoms with Gasteiger partial charge in [-0.3, -0.25) is 0 Å². The molecule has 1 heterocycles. The van der Waals surface area contributed by atoms with Crippen molar-refractivity contribution in [2.75, 3.05) is 0 Å². The van der Waals surface area contributed by atoms with Crippen LogP contribution in [0.15, 0.2) is 59.5 Å². The lowest BCUT2D eigenvalue weighted by Gasteiger charge is -2.22. The number of nitrogens with one attached hydrogen (secondary N) is 1. The van der Waals surface area contributed by atoms with Gasteiger partial charge in [-0.15, -0.1) is 0 Å². The van der Waals surface area contributed by atoms with Gasteiger partial charge in [0.2, 0.25) is 10.0 Å². The van der Waals surface area contributed by atoms with Crippen molar-refractivity contribution in [2.45, 2.75) is 43.0 Å². The Morgan fingerprint density at radius 1 is 1.00 bits per heavy atom. The van der Waals surface area contributed by atoms with Crippen LogP contribution in [0.25, 0.3) is 22.2 Å². The summed E-state index contributed by atoms with van der Waals surface area (Å²) in [6, 6.07) is 15.4. The third kappa shape index (κ3) is 3.55. The van der Waals surface area contributed by atoms with Crippen molar-refractivity contribution < 1.29 is 18.3 Å². The second-order valence-corrected chi connectivity index (χ2v) is 8.90. The minimum absolute atomic E-state index is 0.0344. The number of sulfonamides is 1. The van der Waals surface area contributed by atoms with E-state index in [0.717, 1.165) is 37.5 Å². The molecule has 1 fully saturated rings. The summed E-state index contributed by atoms with van der Waals surface area (Å²) in [5.74, 6) is 0. The molecule has 6 nitrogen and oxygen atoms in total. The Kier molecular flexibility index (Phi) is 4.95. The van der Waals surface area contributed by atoms with Gasteiger partial charge in [-0.2, -0.15) is 0 Å². The molecule has 146 valence electrons. The summed E-state index contributed by atoms with van der Waals surface area (Å²) in [5, 5.41) is 10.5. The maximum Gasteiger partial charge on any atom is 0.416 e. The van der Waals surface area contributed by atoms with E-state index in [4.69, 9.17) is 0 Å². The van der Waals surface area contributed by atoms with Crippen LogP contribution in [0.2, 0.25) is 0 Å². The van der Waals surface area contributed by atoms with E-state index in [2.05, 4.69) is 4.72 Å². The van der Waals surface area contributed by atoms with Crippen LogP contribution in [0.3, 0.4) is 0 Å². The highest BCUT2D eigenvalue weighted by Crippen LogP contribution is 2.30. The monoisotopic (exact) mass is 398 g/mol. The van der Waals surface area contributed by atoms with Crippen molar-refractivity contribution in [3.05, 3.63) is 54.6 Å². The largest absolute Gasteiger partial charge is 0.464 e. The molecule has 7 heteroatoms. The zero-order chi connectivity index (χ0) is 19.7. The Bertz CT molecular complexity index is 1130. The predicted octanol–water partition coefficient (Wildman–Crippen LogP) is 4.45. The van der Waals surface area contributed by atoms with Gasteiger partial charge in [0.15, 0.2) is 0 Å². The summed E-state index contributed by atoms with van der Waals surface area (Å²) in [6.07, 6.45) is 3.81. The van der Waals surface area contributed by atoms with Gasteiger partial charge in [-0.25, -0.2) is 22.5 Å². The van der Waals surface area contributed by atoms with E-state index in [1.165, 1.54) is 4.57 Å². The summed E-state index contributed by atoms with van der Waals surface area (Å²) >= 11 is 0. The fourth-order valence-corrected chi connectivity index (χ4v) is 5.25. The summed E-state index contributed by atoms with van der Waals surface area (Å²) in [6.45, 7) is 0. The molecule has 28 heavy (non-hydrogen) atoms. The summed E-state index contributed by atoms with van der Waals surface area (Å²) in [5.41, 5.74) is 1.56. The Morgan fingerprint density at radius 2 is 1.75 bits per heavy atom. The maximum atomic E-state index is 12.8. The van der Waals surface area contributed by atoms with Crippen LogP contribution in [-0.4, -0.2) is 30.2 Å². The Balaban J connectivity index is 1.74. The molecule has 0 aliphatic heterocycles. The Hall–Kier alpha value is -2.64. The van der Waals surface area contributed by atoms with E-state index in [1.54, 1.807) is 42.5 Å². The summed E-state index contributed by atoms with van der Waals surface area (Å²) in [4.78, 5) is 12.0. The van der Waals surface area contributed by atoms with Crippen molar-refractivity contribution in [3.63, 3.8) is 0 Å². The highest BCUT2D eigenvalue weighted by molar-refractivity contribution is 7.89. The number of nitrogens with zero attached hydrogens (tertiary/aromatic N) is 1. The Labute approximate surface area is 163 Å². The van der Waals surface area contributed by atoms with Crippen LogP contribution >= 0.6 is 0 Å². The quantitative estimate of drug-likeness (QED) is 0.680. The van der Waals surface area contributed by atoms with Crippen molar-refractivity contribution in [3.8, 4) is 11.3 Å². The standard InChI is InChI=1S/C21H22N2O4S/c24-21(25)23-19-12-5-4-7-16(19)14-20(23)15-8-6-11-18(13-15)28(26,27)22-17-9-2-1-3-10-17/h4-8,11-14,17,22H,1-3,9-10H2,(H,24,25). The van der Waals surface area contributed by atoms with Crippen LogP contribution in [0.5, 0.6) is 0 Å². The molecule has 0 amide bonds. The average molecular weight is 398 g/mol. The SMILES string of the molecule is O=C(O)n1c(-c2cccc(S(=O)(=O)NC3CCCCC3)c2)cc2ccccc21. The van der Waals surface area contributed by atoms with Crippen LogP contribution in [-0.2, 0) is 10.0 Å². The van der Waals surface area contributed by atoms with Gasteiger partial charge in [0.05, 0.1) is 16.1 Å². The third-order valence-electron chi connectivity index (χ3n) is 5.27. The van der Waals surface area contributed by atoms with E-state index in [1.807, 2.05) is 12.1 Å². The molecular formula is C21H22N2O4S. The lowest BCUT2D eigenvalue weighted by Crippen LogP contribution is -2.36. The molecule has 0 spiro atoms. The maximum absolute atomic E-state index is 12.8. The first-order valence-electron chi connectivity index (χ1n) is 9.42. The molecule has 3 aromatic rings. The highest BCUT2D eigenvalue weighted by Gasteiger charge is 2.23. The zero-order valence-electron chi connectivity index (χ0n) is 15.3. The first-order chi connectivity index (χ1) is 13.5. The van der Waals surface area contributed by atoms with E-state index in [9.17, 15) is 18.3 Å². The molecule has 0 unspecified atom stereocenters. The fraction of sp³-hybridized carbons (Fsp3) is 0.286. The number of para-hydroxylation sites is 1. The predicted molar refractivity (Wildman–Crippen MR) is 108 cm³/mol. The lowest BCUT2D eigenvalue weighted by molar-refractivity contribution is 0.198. The average Bonchev–Trinajstić information content (AvgIpc) is 3.08. The topological polar surface area (TPSA) is 88.4 Å². The number of fused-ring (bicyclic) bond motifs is 1. The fourth-order valence-electron chi connectivity index (χ4n) is 3.90. The number of hydrogen-bond donors (Lipinski definition) is 2. The minimum atomic E-state index is -3.66. The number of benzene rings is 2. The highest BCUT2D eigenvalue weighted by atomic mass is 32.2. The number of carbonyl (C=O) groups is 1. The van der Waals surface area contributed by atoms with Gasteiger partial charge in [0.25, 0.3) is 0 Å². The second kappa shape index (κ2) is 7.41. The molecule has 1 saturated carbocycles. The van der Waals surface area contributed by atoms with Gasteiger partial charge in [0, 0.05) is 17.0 Å². The molecule has 0 atom stereocenters. The molecule has 4 rings (SSSR count). The second-order valence-electron chi connectivity index (χ2n) is 7.19. The third-order valence-corrected chi connectivity index (χ3v) is 6.79. The molecule has 0 radical (unpaired) electrons. The van der Waals surface area contributed by atoms with E-state index in [-0.39, 0.29) is 10.9 Å². The van der Waals surface area contributed by atoms with E-state index in [0.29, 0.717) is 16.8 Å². The number of hydrogen-bond acceptors (Lipinski definition) is 3. The van der Waals surface area contributed by atoms with Crippen molar-refractivity contribution in [1.29, 1.82) is 0 Å². The zero-order valence-corrected chi connectivity index (χ0v) is 16.2. The first-order valence-corrected chi connectivity index (χ1v) is 10.9. The molecule has 1 aromatic heterocycles. The molecular weight excluding hydrogens is 376 g/mol. The molecule has 0 bridgehead atoms. The van der Waals surface area contributed by atoms with Crippen LogP contribution in [0.4, 0.5) is 4.79 Å². The van der Waals surface area contributed by atoms with Crippen molar-refractivity contribution in [1.82, 2.24) is 9.29 Å². The van der Waals surface area contributed by atoms with Gasteiger partial charge in [-0.05, 0) is 37.1 Å².